The smallest absolute Gasteiger partial charge is 0.203 e. The molecule has 2 rings (SSSR count). The van der Waals surface area contributed by atoms with Crippen LogP contribution in [-0.2, 0) is 12.8 Å². The summed E-state index contributed by atoms with van der Waals surface area (Å²) in [6.45, 7) is 2.26. The highest BCUT2D eigenvalue weighted by Crippen LogP contribution is 2.16. The molecule has 6 heteroatoms. The summed E-state index contributed by atoms with van der Waals surface area (Å²) in [7, 11) is 0. The van der Waals surface area contributed by atoms with Crippen molar-refractivity contribution in [3.05, 3.63) is 41.2 Å². The van der Waals surface area contributed by atoms with Crippen LogP contribution in [-0.4, -0.2) is 31.8 Å². The molecule has 0 aliphatic heterocycles. The summed E-state index contributed by atoms with van der Waals surface area (Å²) >= 11 is 0. The lowest BCUT2D eigenvalue weighted by Gasteiger charge is -2.11. The number of aryl methyl sites for hydroxylation is 2. The molecule has 0 spiro atoms. The van der Waals surface area contributed by atoms with E-state index in [-0.39, 0.29) is 6.04 Å². The molecule has 1 aromatic carbocycles. The van der Waals surface area contributed by atoms with E-state index in [0.29, 0.717) is 12.2 Å². The minimum absolute atomic E-state index is 0.159. The Kier molecular flexibility index (Phi) is 9.28. The molecule has 2 aromatic rings. The fourth-order valence-electron chi connectivity index (χ4n) is 3.20. The van der Waals surface area contributed by atoms with Crippen molar-refractivity contribution in [2.75, 3.05) is 0 Å². The zero-order valence-corrected chi connectivity index (χ0v) is 16.0. The van der Waals surface area contributed by atoms with Crippen molar-refractivity contribution < 1.29 is 10.8 Å². The largest absolute Gasteiger partial charge is 0.385 e. The van der Waals surface area contributed by atoms with E-state index in [1.54, 1.807) is 0 Å². The summed E-state index contributed by atoms with van der Waals surface area (Å²) in [4.78, 5) is 0. The summed E-state index contributed by atoms with van der Waals surface area (Å²) in [6.07, 6.45) is 11.0. The molecule has 0 aliphatic carbocycles. The van der Waals surface area contributed by atoms with Gasteiger partial charge in [0.05, 0.1) is 6.04 Å². The monoisotopic (exact) mass is 360 g/mol. The van der Waals surface area contributed by atoms with Gasteiger partial charge in [0.2, 0.25) is 5.82 Å². The van der Waals surface area contributed by atoms with Gasteiger partial charge in [-0.3, -0.25) is 0 Å². The SMILES string of the molecule is CCCCCCCCc1ccc(CCC([NH3+])CC(O)c2nn[nH]n2)cc1. The van der Waals surface area contributed by atoms with Crippen LogP contribution in [0.3, 0.4) is 0 Å². The number of tetrazole rings is 1. The van der Waals surface area contributed by atoms with E-state index in [1.165, 1.54) is 56.1 Å². The van der Waals surface area contributed by atoms with Gasteiger partial charge in [-0.1, -0.05) is 68.5 Å². The number of nitrogens with zero attached hydrogens (tertiary/aromatic N) is 3. The maximum atomic E-state index is 10.0. The van der Waals surface area contributed by atoms with Crippen LogP contribution in [0.25, 0.3) is 0 Å². The molecule has 0 aliphatic rings. The third kappa shape index (κ3) is 7.62. The fraction of sp³-hybridized carbons (Fsp3) is 0.650. The highest BCUT2D eigenvalue weighted by Gasteiger charge is 2.18. The average Bonchev–Trinajstić information content (AvgIpc) is 3.19. The summed E-state index contributed by atoms with van der Waals surface area (Å²) < 4.78 is 0. The molecule has 0 saturated heterocycles. The van der Waals surface area contributed by atoms with Crippen molar-refractivity contribution in [1.29, 1.82) is 0 Å². The van der Waals surface area contributed by atoms with E-state index in [9.17, 15) is 5.11 Å². The second-order valence-electron chi connectivity index (χ2n) is 7.26. The van der Waals surface area contributed by atoms with E-state index in [2.05, 4.69) is 57.5 Å². The maximum absolute atomic E-state index is 10.0. The van der Waals surface area contributed by atoms with E-state index in [1.807, 2.05) is 0 Å². The van der Waals surface area contributed by atoms with Gasteiger partial charge in [0.25, 0.3) is 0 Å². The minimum atomic E-state index is -0.698. The fourth-order valence-corrected chi connectivity index (χ4v) is 3.20. The Morgan fingerprint density at radius 1 is 1.00 bits per heavy atom. The number of rotatable bonds is 13. The lowest BCUT2D eigenvalue weighted by molar-refractivity contribution is -0.425. The van der Waals surface area contributed by atoms with Crippen molar-refractivity contribution in [2.45, 2.75) is 83.3 Å². The zero-order valence-electron chi connectivity index (χ0n) is 16.0. The number of quaternary nitrogens is 1. The predicted octanol–water partition coefficient (Wildman–Crippen LogP) is 2.77. The first-order valence-electron chi connectivity index (χ1n) is 10.0. The van der Waals surface area contributed by atoms with Gasteiger partial charge in [-0.05, 0) is 30.4 Å². The van der Waals surface area contributed by atoms with Crippen LogP contribution in [0.5, 0.6) is 0 Å². The summed E-state index contributed by atoms with van der Waals surface area (Å²) in [5, 5.41) is 23.5. The number of unbranched alkanes of at least 4 members (excludes halogenated alkanes) is 5. The molecule has 0 fully saturated rings. The van der Waals surface area contributed by atoms with Crippen molar-refractivity contribution in [3.8, 4) is 0 Å². The maximum Gasteiger partial charge on any atom is 0.203 e. The highest BCUT2D eigenvalue weighted by atomic mass is 16.3. The minimum Gasteiger partial charge on any atom is -0.385 e. The standard InChI is InChI=1S/C20H33N5O/c1-2-3-4-5-6-7-8-16-9-11-17(12-10-16)13-14-18(21)15-19(26)20-22-24-25-23-20/h9-12,18-19,26H,2-8,13-15,21H2,1H3,(H,22,23,24,25)/p+1. The topological polar surface area (TPSA) is 102 Å². The number of hydrogen-bond acceptors (Lipinski definition) is 4. The number of H-pyrrole nitrogens is 1. The Bertz CT molecular complexity index is 585. The van der Waals surface area contributed by atoms with Crippen LogP contribution in [0.4, 0.5) is 0 Å². The van der Waals surface area contributed by atoms with Crippen molar-refractivity contribution in [3.63, 3.8) is 0 Å². The molecule has 1 aromatic heterocycles. The average molecular weight is 361 g/mol. The second-order valence-corrected chi connectivity index (χ2v) is 7.26. The molecule has 2 unspecified atom stereocenters. The van der Waals surface area contributed by atoms with E-state index >= 15 is 0 Å². The van der Waals surface area contributed by atoms with E-state index < -0.39 is 6.10 Å². The molecule has 0 radical (unpaired) electrons. The van der Waals surface area contributed by atoms with Gasteiger partial charge in [0.15, 0.2) is 0 Å². The number of aliphatic hydroxyl groups is 1. The molecule has 0 amide bonds. The summed E-state index contributed by atoms with van der Waals surface area (Å²) in [6, 6.07) is 9.14. The van der Waals surface area contributed by atoms with Gasteiger partial charge in [0, 0.05) is 12.8 Å². The van der Waals surface area contributed by atoms with Gasteiger partial charge < -0.3 is 10.8 Å². The molecule has 0 saturated carbocycles. The molecule has 26 heavy (non-hydrogen) atoms. The molecule has 6 nitrogen and oxygen atoms in total. The molecule has 2 atom stereocenters. The Hall–Kier alpha value is -1.79. The van der Waals surface area contributed by atoms with E-state index in [4.69, 9.17) is 0 Å². The van der Waals surface area contributed by atoms with Crippen LogP contribution in [0.2, 0.25) is 0 Å². The molecule has 5 N–H and O–H groups in total. The quantitative estimate of drug-likeness (QED) is 0.478. The lowest BCUT2D eigenvalue weighted by atomic mass is 9.99. The van der Waals surface area contributed by atoms with Gasteiger partial charge >= 0.3 is 0 Å². The van der Waals surface area contributed by atoms with Crippen molar-refractivity contribution in [1.82, 2.24) is 20.6 Å². The summed E-state index contributed by atoms with van der Waals surface area (Å²) in [5.41, 5.74) is 6.91. The van der Waals surface area contributed by atoms with Gasteiger partial charge in [-0.25, -0.2) is 0 Å². The Balaban J connectivity index is 1.63. The lowest BCUT2D eigenvalue weighted by Crippen LogP contribution is -2.61. The zero-order chi connectivity index (χ0) is 18.6. The first-order valence-corrected chi connectivity index (χ1v) is 10.0. The van der Waals surface area contributed by atoms with Crippen LogP contribution in [0.15, 0.2) is 24.3 Å². The number of aliphatic hydroxyl groups excluding tert-OH is 1. The van der Waals surface area contributed by atoms with Crippen LogP contribution in [0, 0.1) is 0 Å². The normalized spacial score (nSPS) is 13.7. The number of aromatic nitrogens is 4. The Morgan fingerprint density at radius 2 is 1.65 bits per heavy atom. The molecule has 0 bridgehead atoms. The molecule has 144 valence electrons. The second kappa shape index (κ2) is 11.8. The number of hydrogen-bond donors (Lipinski definition) is 3. The highest BCUT2D eigenvalue weighted by molar-refractivity contribution is 5.22. The van der Waals surface area contributed by atoms with Crippen LogP contribution >= 0.6 is 0 Å². The molecular weight excluding hydrogens is 326 g/mol. The van der Waals surface area contributed by atoms with Gasteiger partial charge in [-0.15, -0.1) is 10.2 Å². The van der Waals surface area contributed by atoms with Crippen molar-refractivity contribution in [2.24, 2.45) is 0 Å². The Labute approximate surface area is 156 Å². The predicted molar refractivity (Wildman–Crippen MR) is 102 cm³/mol. The number of aromatic amines is 1. The summed E-state index contributed by atoms with van der Waals surface area (Å²) in [5.74, 6) is 0.345. The third-order valence-electron chi connectivity index (χ3n) is 4.90. The van der Waals surface area contributed by atoms with Crippen LogP contribution < -0.4 is 5.73 Å². The third-order valence-corrected chi connectivity index (χ3v) is 4.90. The number of benzene rings is 1. The van der Waals surface area contributed by atoms with Crippen LogP contribution in [0.1, 0.15) is 81.3 Å². The number of nitrogens with one attached hydrogen (secondary N) is 1. The molecule has 1 heterocycles. The van der Waals surface area contributed by atoms with E-state index in [0.717, 1.165) is 12.8 Å². The van der Waals surface area contributed by atoms with Crippen molar-refractivity contribution >= 4 is 0 Å². The van der Waals surface area contributed by atoms with Gasteiger partial charge in [-0.2, -0.15) is 5.21 Å². The first-order chi connectivity index (χ1) is 12.7. The van der Waals surface area contributed by atoms with Gasteiger partial charge in [0.1, 0.15) is 6.10 Å². The Morgan fingerprint density at radius 3 is 2.31 bits per heavy atom. The molecular formula is C20H34N5O+. The first kappa shape index (κ1) is 20.5.